The molecule has 0 atom stereocenters. The first-order chi connectivity index (χ1) is 7.12. The molecule has 0 saturated carbocycles. The zero-order valence-electron chi connectivity index (χ0n) is 8.95. The van der Waals surface area contributed by atoms with Gasteiger partial charge in [0.1, 0.15) is 5.75 Å². The number of nitriles is 1. The Hall–Kier alpha value is -1.75. The summed E-state index contributed by atoms with van der Waals surface area (Å²) in [6, 6.07) is 9.91. The van der Waals surface area contributed by atoms with Crippen LogP contribution in [0, 0.1) is 16.7 Å². The minimum atomic E-state index is -0.0932. The van der Waals surface area contributed by atoms with Gasteiger partial charge >= 0.3 is 0 Å². The van der Waals surface area contributed by atoms with Gasteiger partial charge in [-0.2, -0.15) is 5.26 Å². The molecule has 0 aromatic heterocycles. The molecule has 1 aromatic carbocycles. The van der Waals surface area contributed by atoms with Crippen molar-refractivity contribution in [3.05, 3.63) is 35.9 Å². The number of nitrogens with zero attached hydrogens (tertiary/aromatic N) is 1. The fourth-order valence-corrected chi connectivity index (χ4v) is 1.68. The summed E-state index contributed by atoms with van der Waals surface area (Å²) in [6.45, 7) is 4.74. The number of ether oxygens (including phenoxy) is 1. The average molecular weight is 199 g/mol. The van der Waals surface area contributed by atoms with Crippen molar-refractivity contribution in [2.45, 2.75) is 13.8 Å². The predicted molar refractivity (Wildman–Crippen MR) is 59.3 cm³/mol. The molecular formula is C13H13NO. The number of allylic oxidation sites excluding steroid dienone is 1. The highest BCUT2D eigenvalue weighted by molar-refractivity contribution is 5.81. The summed E-state index contributed by atoms with van der Waals surface area (Å²) >= 11 is 0. The van der Waals surface area contributed by atoms with Crippen LogP contribution in [0.25, 0.3) is 5.57 Å². The second kappa shape index (κ2) is 3.43. The van der Waals surface area contributed by atoms with Crippen molar-refractivity contribution in [3.8, 4) is 11.8 Å². The molecule has 0 fully saturated rings. The SMILES string of the molecule is CC1(C)C=C(C#N)c2ccccc2OC1. The monoisotopic (exact) mass is 199 g/mol. The van der Waals surface area contributed by atoms with E-state index in [1.54, 1.807) is 0 Å². The number of benzene rings is 1. The van der Waals surface area contributed by atoms with Gasteiger partial charge in [-0.1, -0.05) is 32.1 Å². The first-order valence-electron chi connectivity index (χ1n) is 4.97. The third kappa shape index (κ3) is 1.87. The maximum Gasteiger partial charge on any atom is 0.127 e. The number of para-hydroxylation sites is 1. The molecule has 0 saturated heterocycles. The molecule has 0 amide bonds. The van der Waals surface area contributed by atoms with Crippen molar-refractivity contribution in [1.29, 1.82) is 5.26 Å². The number of rotatable bonds is 0. The summed E-state index contributed by atoms with van der Waals surface area (Å²) in [6.07, 6.45) is 1.98. The Morgan fingerprint density at radius 2 is 2.07 bits per heavy atom. The van der Waals surface area contributed by atoms with Gasteiger partial charge in [-0.15, -0.1) is 0 Å². The Bertz CT molecular complexity index is 452. The third-order valence-corrected chi connectivity index (χ3v) is 2.43. The zero-order chi connectivity index (χ0) is 10.9. The highest BCUT2D eigenvalue weighted by atomic mass is 16.5. The molecule has 1 aliphatic rings. The smallest absolute Gasteiger partial charge is 0.127 e. The van der Waals surface area contributed by atoms with Crippen LogP contribution in [-0.2, 0) is 0 Å². The van der Waals surface area contributed by atoms with Crippen LogP contribution in [0.3, 0.4) is 0 Å². The van der Waals surface area contributed by atoms with Gasteiger partial charge in [0.05, 0.1) is 18.2 Å². The predicted octanol–water partition coefficient (Wildman–Crippen LogP) is 3.01. The molecule has 2 nitrogen and oxygen atoms in total. The standard InChI is InChI=1S/C13H13NO/c1-13(2)7-10(8-14)11-5-3-4-6-12(11)15-9-13/h3-7H,9H2,1-2H3. The van der Waals surface area contributed by atoms with Crippen LogP contribution in [0.1, 0.15) is 19.4 Å². The Labute approximate surface area is 89.8 Å². The van der Waals surface area contributed by atoms with E-state index in [4.69, 9.17) is 10.00 Å². The molecule has 1 aromatic rings. The Kier molecular flexibility index (Phi) is 2.24. The van der Waals surface area contributed by atoms with Crippen LogP contribution in [0.4, 0.5) is 0 Å². The van der Waals surface area contributed by atoms with Crippen molar-refractivity contribution in [1.82, 2.24) is 0 Å². The molecule has 0 radical (unpaired) electrons. The second-order valence-corrected chi connectivity index (χ2v) is 4.44. The summed E-state index contributed by atoms with van der Waals surface area (Å²) in [5, 5.41) is 9.12. The van der Waals surface area contributed by atoms with E-state index in [9.17, 15) is 0 Å². The van der Waals surface area contributed by atoms with E-state index in [0.29, 0.717) is 12.2 Å². The normalized spacial score (nSPS) is 17.8. The van der Waals surface area contributed by atoms with Crippen molar-refractivity contribution < 1.29 is 4.74 Å². The molecule has 2 heteroatoms. The van der Waals surface area contributed by atoms with Gasteiger partial charge in [0, 0.05) is 11.0 Å². The molecule has 1 heterocycles. The summed E-state index contributed by atoms with van der Waals surface area (Å²) < 4.78 is 5.69. The van der Waals surface area contributed by atoms with Crippen LogP contribution in [0.15, 0.2) is 30.3 Å². The van der Waals surface area contributed by atoms with Crippen LogP contribution >= 0.6 is 0 Å². The molecule has 0 unspecified atom stereocenters. The maximum absolute atomic E-state index is 9.12. The highest BCUT2D eigenvalue weighted by Gasteiger charge is 2.23. The van der Waals surface area contributed by atoms with E-state index in [2.05, 4.69) is 19.9 Å². The first kappa shape index (κ1) is 9.79. The van der Waals surface area contributed by atoms with E-state index in [1.165, 1.54) is 0 Å². The lowest BCUT2D eigenvalue weighted by molar-refractivity contribution is 0.225. The lowest BCUT2D eigenvalue weighted by Crippen LogP contribution is -2.17. The number of fused-ring (bicyclic) bond motifs is 1. The molecule has 0 bridgehead atoms. The van der Waals surface area contributed by atoms with Crippen LogP contribution in [-0.4, -0.2) is 6.61 Å². The highest BCUT2D eigenvalue weighted by Crippen LogP contribution is 2.34. The van der Waals surface area contributed by atoms with Crippen molar-refractivity contribution in [2.24, 2.45) is 5.41 Å². The minimum absolute atomic E-state index is 0.0932. The van der Waals surface area contributed by atoms with E-state index in [1.807, 2.05) is 30.3 Å². The minimum Gasteiger partial charge on any atom is -0.492 e. The number of hydrogen-bond acceptors (Lipinski definition) is 2. The molecule has 0 spiro atoms. The fourth-order valence-electron chi connectivity index (χ4n) is 1.68. The third-order valence-electron chi connectivity index (χ3n) is 2.43. The zero-order valence-corrected chi connectivity index (χ0v) is 8.95. The van der Waals surface area contributed by atoms with Crippen molar-refractivity contribution in [3.63, 3.8) is 0 Å². The van der Waals surface area contributed by atoms with Gasteiger partial charge < -0.3 is 4.74 Å². The van der Waals surface area contributed by atoms with E-state index < -0.39 is 0 Å². The Morgan fingerprint density at radius 1 is 1.33 bits per heavy atom. The van der Waals surface area contributed by atoms with Gasteiger partial charge in [0.15, 0.2) is 0 Å². The average Bonchev–Trinajstić information content (AvgIpc) is 2.36. The van der Waals surface area contributed by atoms with Gasteiger partial charge in [-0.25, -0.2) is 0 Å². The number of hydrogen-bond donors (Lipinski definition) is 0. The van der Waals surface area contributed by atoms with Gasteiger partial charge in [-0.3, -0.25) is 0 Å². The summed E-state index contributed by atoms with van der Waals surface area (Å²) in [4.78, 5) is 0. The Balaban J connectivity index is 2.57. The molecule has 2 rings (SSSR count). The summed E-state index contributed by atoms with van der Waals surface area (Å²) in [5.74, 6) is 0.802. The largest absolute Gasteiger partial charge is 0.492 e. The Morgan fingerprint density at radius 3 is 2.80 bits per heavy atom. The van der Waals surface area contributed by atoms with Crippen LogP contribution < -0.4 is 4.74 Å². The van der Waals surface area contributed by atoms with Crippen LogP contribution in [0.2, 0.25) is 0 Å². The van der Waals surface area contributed by atoms with Gasteiger partial charge in [0.25, 0.3) is 0 Å². The van der Waals surface area contributed by atoms with E-state index in [0.717, 1.165) is 11.3 Å². The lowest BCUT2D eigenvalue weighted by Gasteiger charge is -2.18. The summed E-state index contributed by atoms with van der Waals surface area (Å²) in [7, 11) is 0. The first-order valence-corrected chi connectivity index (χ1v) is 4.97. The second-order valence-electron chi connectivity index (χ2n) is 4.44. The molecule has 0 aliphatic carbocycles. The maximum atomic E-state index is 9.12. The van der Waals surface area contributed by atoms with Gasteiger partial charge in [0.2, 0.25) is 0 Å². The molecule has 1 aliphatic heterocycles. The van der Waals surface area contributed by atoms with E-state index >= 15 is 0 Å². The van der Waals surface area contributed by atoms with Crippen LogP contribution in [0.5, 0.6) is 5.75 Å². The molecular weight excluding hydrogens is 186 g/mol. The molecule has 15 heavy (non-hydrogen) atoms. The van der Waals surface area contributed by atoms with Gasteiger partial charge in [-0.05, 0) is 12.1 Å². The van der Waals surface area contributed by atoms with Crippen molar-refractivity contribution in [2.75, 3.05) is 6.61 Å². The topological polar surface area (TPSA) is 33.0 Å². The lowest BCUT2D eigenvalue weighted by atomic mass is 9.91. The molecule has 0 N–H and O–H groups in total. The summed E-state index contributed by atoms with van der Waals surface area (Å²) in [5.41, 5.74) is 1.50. The molecule has 76 valence electrons. The quantitative estimate of drug-likeness (QED) is 0.643. The van der Waals surface area contributed by atoms with E-state index in [-0.39, 0.29) is 5.41 Å². The fraction of sp³-hybridized carbons (Fsp3) is 0.308. The van der Waals surface area contributed by atoms with Crippen molar-refractivity contribution >= 4 is 5.57 Å².